The van der Waals surface area contributed by atoms with E-state index in [0.717, 1.165) is 6.42 Å². The fourth-order valence-electron chi connectivity index (χ4n) is 3.40. The zero-order chi connectivity index (χ0) is 20.7. The van der Waals surface area contributed by atoms with Crippen LogP contribution in [0.25, 0.3) is 0 Å². The topological polar surface area (TPSA) is 69.7 Å². The quantitative estimate of drug-likeness (QED) is 0.646. The molecule has 1 saturated heterocycles. The Kier molecular flexibility index (Phi) is 8.58. The van der Waals surface area contributed by atoms with Gasteiger partial charge in [-0.05, 0) is 51.3 Å². The van der Waals surface area contributed by atoms with Crippen molar-refractivity contribution in [2.45, 2.75) is 45.6 Å². The van der Waals surface area contributed by atoms with Gasteiger partial charge in [0.25, 0.3) is 5.91 Å². The molecule has 154 valence electrons. The lowest BCUT2D eigenvalue weighted by Gasteiger charge is -2.24. The first-order valence-electron chi connectivity index (χ1n) is 9.70. The van der Waals surface area contributed by atoms with E-state index in [9.17, 15) is 14.4 Å². The molecule has 1 aromatic carbocycles. The summed E-state index contributed by atoms with van der Waals surface area (Å²) in [5, 5.41) is 3.59. The third kappa shape index (κ3) is 5.61. The predicted octanol–water partition coefficient (Wildman–Crippen LogP) is 3.36. The predicted molar refractivity (Wildman–Crippen MR) is 111 cm³/mol. The lowest BCUT2D eigenvalue weighted by Crippen LogP contribution is -2.46. The zero-order valence-corrected chi connectivity index (χ0v) is 17.9. The molecule has 0 spiro atoms. The van der Waals surface area contributed by atoms with Crippen molar-refractivity contribution in [3.05, 3.63) is 33.8 Å². The minimum atomic E-state index is -0.527. The van der Waals surface area contributed by atoms with Gasteiger partial charge >= 0.3 is 0 Å². The summed E-state index contributed by atoms with van der Waals surface area (Å²) in [6, 6.07) is 4.20. The number of nitrogens with zero attached hydrogens (tertiary/aromatic N) is 2. The number of carbonyl (C=O) groups is 3. The van der Waals surface area contributed by atoms with Gasteiger partial charge in [-0.25, -0.2) is 0 Å². The summed E-state index contributed by atoms with van der Waals surface area (Å²) < 4.78 is 0. The van der Waals surface area contributed by atoms with Gasteiger partial charge in [-0.2, -0.15) is 0 Å². The van der Waals surface area contributed by atoms with Crippen LogP contribution in [-0.2, 0) is 9.59 Å². The van der Waals surface area contributed by atoms with E-state index < -0.39 is 6.04 Å². The highest BCUT2D eigenvalue weighted by Crippen LogP contribution is 2.26. The van der Waals surface area contributed by atoms with Gasteiger partial charge in [0.05, 0.1) is 10.6 Å². The number of hydrogen-bond acceptors (Lipinski definition) is 3. The molecule has 1 fully saturated rings. The summed E-state index contributed by atoms with van der Waals surface area (Å²) in [6.07, 6.45) is 2.33. The number of hydrogen-bond donors (Lipinski definition) is 1. The molecule has 1 aromatic rings. The number of rotatable bonds is 8. The van der Waals surface area contributed by atoms with E-state index >= 15 is 0 Å². The van der Waals surface area contributed by atoms with Crippen LogP contribution in [0.2, 0.25) is 10.0 Å². The minimum Gasteiger partial charge on any atom is -0.354 e. The molecule has 0 bridgehead atoms. The maximum atomic E-state index is 12.8. The second kappa shape index (κ2) is 10.7. The highest BCUT2D eigenvalue weighted by Gasteiger charge is 2.35. The zero-order valence-electron chi connectivity index (χ0n) is 16.3. The van der Waals surface area contributed by atoms with Crippen LogP contribution < -0.4 is 5.32 Å². The number of nitrogens with one attached hydrogen (secondary N) is 1. The van der Waals surface area contributed by atoms with Crippen molar-refractivity contribution in [1.82, 2.24) is 15.1 Å². The van der Waals surface area contributed by atoms with Gasteiger partial charge < -0.3 is 15.1 Å². The second-order valence-electron chi connectivity index (χ2n) is 6.74. The van der Waals surface area contributed by atoms with E-state index in [-0.39, 0.29) is 17.7 Å². The Bertz CT molecular complexity index is 723. The van der Waals surface area contributed by atoms with Gasteiger partial charge in [0.15, 0.2) is 0 Å². The molecular weight excluding hydrogens is 401 g/mol. The van der Waals surface area contributed by atoms with Crippen LogP contribution in [0.1, 0.15) is 49.9 Å². The lowest BCUT2D eigenvalue weighted by molar-refractivity contribution is -0.131. The number of likely N-dealkylation sites (tertiary alicyclic amines) is 1. The smallest absolute Gasteiger partial charge is 0.256 e. The Balaban J connectivity index is 1.90. The highest BCUT2D eigenvalue weighted by atomic mass is 35.5. The molecular formula is C20H27Cl2N3O3. The van der Waals surface area contributed by atoms with Crippen molar-refractivity contribution in [1.29, 1.82) is 0 Å². The van der Waals surface area contributed by atoms with Crippen LogP contribution in [0.3, 0.4) is 0 Å². The highest BCUT2D eigenvalue weighted by molar-refractivity contribution is 6.35. The Labute approximate surface area is 176 Å². The van der Waals surface area contributed by atoms with Crippen LogP contribution in [-0.4, -0.2) is 59.7 Å². The molecule has 1 heterocycles. The minimum absolute atomic E-state index is 0.0903. The molecule has 28 heavy (non-hydrogen) atoms. The summed E-state index contributed by atoms with van der Waals surface area (Å²) in [6.45, 7) is 6.17. The van der Waals surface area contributed by atoms with Crippen LogP contribution in [0.15, 0.2) is 18.2 Å². The first-order chi connectivity index (χ1) is 13.4. The largest absolute Gasteiger partial charge is 0.354 e. The number of halogens is 2. The van der Waals surface area contributed by atoms with Gasteiger partial charge in [-0.15, -0.1) is 0 Å². The monoisotopic (exact) mass is 427 g/mol. The third-order valence-electron chi connectivity index (χ3n) is 4.96. The van der Waals surface area contributed by atoms with Gasteiger partial charge in [0.1, 0.15) is 6.04 Å². The molecule has 0 saturated carbocycles. The molecule has 0 aromatic heterocycles. The lowest BCUT2D eigenvalue weighted by atomic mass is 10.1. The van der Waals surface area contributed by atoms with Crippen molar-refractivity contribution < 1.29 is 14.4 Å². The van der Waals surface area contributed by atoms with Gasteiger partial charge in [0, 0.05) is 37.6 Å². The van der Waals surface area contributed by atoms with Crippen LogP contribution in [0.5, 0.6) is 0 Å². The van der Waals surface area contributed by atoms with E-state index in [4.69, 9.17) is 23.2 Å². The second-order valence-corrected chi connectivity index (χ2v) is 7.58. The van der Waals surface area contributed by atoms with Gasteiger partial charge in [-0.1, -0.05) is 23.2 Å². The summed E-state index contributed by atoms with van der Waals surface area (Å²) in [5.41, 5.74) is 0.304. The number of carbonyl (C=O) groups excluding carboxylic acids is 3. The van der Waals surface area contributed by atoms with E-state index in [0.29, 0.717) is 61.1 Å². The number of amides is 3. The molecule has 2 rings (SSSR count). The summed E-state index contributed by atoms with van der Waals surface area (Å²) in [4.78, 5) is 40.7. The SMILES string of the molecule is CCN(CC)C(=O)CCCNC(=O)C1CCCN1C(=O)c1cc(Cl)ccc1Cl. The average Bonchev–Trinajstić information content (AvgIpc) is 3.17. The van der Waals surface area contributed by atoms with Crippen molar-refractivity contribution in [2.75, 3.05) is 26.2 Å². The first kappa shape index (κ1) is 22.5. The fraction of sp³-hybridized carbons (Fsp3) is 0.550. The molecule has 1 atom stereocenters. The molecule has 0 radical (unpaired) electrons. The van der Waals surface area contributed by atoms with Crippen LogP contribution in [0.4, 0.5) is 0 Å². The Hall–Kier alpha value is -1.79. The van der Waals surface area contributed by atoms with E-state index in [1.54, 1.807) is 21.9 Å². The third-order valence-corrected chi connectivity index (χ3v) is 5.52. The molecule has 6 nitrogen and oxygen atoms in total. The van der Waals surface area contributed by atoms with Crippen molar-refractivity contribution >= 4 is 40.9 Å². The molecule has 1 aliphatic rings. The van der Waals surface area contributed by atoms with E-state index in [1.807, 2.05) is 13.8 Å². The average molecular weight is 428 g/mol. The summed E-state index contributed by atoms with van der Waals surface area (Å²) in [5.74, 6) is -0.395. The maximum Gasteiger partial charge on any atom is 0.256 e. The molecule has 0 aliphatic carbocycles. The fourth-order valence-corrected chi connectivity index (χ4v) is 3.77. The molecule has 1 aliphatic heterocycles. The molecule has 1 N–H and O–H groups in total. The molecule has 3 amide bonds. The van der Waals surface area contributed by atoms with Crippen molar-refractivity contribution in [3.8, 4) is 0 Å². The van der Waals surface area contributed by atoms with E-state index in [1.165, 1.54) is 6.07 Å². The molecule has 8 heteroatoms. The molecule has 1 unspecified atom stereocenters. The Morgan fingerprint density at radius 1 is 1.21 bits per heavy atom. The standard InChI is InChI=1S/C20H27Cl2N3O3/c1-3-24(4-2)18(26)8-5-11-23-19(27)17-7-6-12-25(17)20(28)15-13-14(21)9-10-16(15)22/h9-10,13,17H,3-8,11-12H2,1-2H3,(H,23,27). The Morgan fingerprint density at radius 2 is 1.93 bits per heavy atom. The first-order valence-corrected chi connectivity index (χ1v) is 10.5. The van der Waals surface area contributed by atoms with Crippen molar-refractivity contribution in [2.24, 2.45) is 0 Å². The van der Waals surface area contributed by atoms with Crippen LogP contribution >= 0.6 is 23.2 Å². The van der Waals surface area contributed by atoms with Crippen LogP contribution in [0, 0.1) is 0 Å². The van der Waals surface area contributed by atoms with E-state index in [2.05, 4.69) is 5.32 Å². The summed E-state index contributed by atoms with van der Waals surface area (Å²) >= 11 is 12.1. The Morgan fingerprint density at radius 3 is 2.61 bits per heavy atom. The summed E-state index contributed by atoms with van der Waals surface area (Å²) in [7, 11) is 0. The maximum absolute atomic E-state index is 12.8. The van der Waals surface area contributed by atoms with Gasteiger partial charge in [0.2, 0.25) is 11.8 Å². The normalized spacial score (nSPS) is 16.1. The number of benzene rings is 1. The van der Waals surface area contributed by atoms with Crippen molar-refractivity contribution in [3.63, 3.8) is 0 Å². The van der Waals surface area contributed by atoms with Gasteiger partial charge in [-0.3, -0.25) is 14.4 Å².